The molecule has 4 nitrogen and oxygen atoms in total. The summed E-state index contributed by atoms with van der Waals surface area (Å²) in [5.74, 6) is 0.198. The fourth-order valence-electron chi connectivity index (χ4n) is 2.20. The number of hydrogen-bond donors (Lipinski definition) is 1. The molecule has 0 heterocycles. The van der Waals surface area contributed by atoms with Crippen LogP contribution < -0.4 is 5.73 Å². The van der Waals surface area contributed by atoms with E-state index in [2.05, 4.69) is 4.90 Å². The third-order valence-corrected chi connectivity index (χ3v) is 3.46. The smallest absolute Gasteiger partial charge is 0.239 e. The molecule has 4 heteroatoms. The van der Waals surface area contributed by atoms with Gasteiger partial charge >= 0.3 is 0 Å². The Labute approximate surface area is 98.8 Å². The van der Waals surface area contributed by atoms with Crippen molar-refractivity contribution in [1.29, 1.82) is 0 Å². The van der Waals surface area contributed by atoms with Gasteiger partial charge in [-0.05, 0) is 32.7 Å². The van der Waals surface area contributed by atoms with Gasteiger partial charge in [0, 0.05) is 26.7 Å². The minimum atomic E-state index is -0.00755. The van der Waals surface area contributed by atoms with Gasteiger partial charge in [-0.2, -0.15) is 0 Å². The number of nitrogens with two attached hydrogens (primary N) is 1. The molecule has 0 spiro atoms. The number of carbonyl (C=O) groups excluding carboxylic acids is 1. The molecule has 2 N–H and O–H groups in total. The minimum absolute atomic E-state index is 0.00755. The molecule has 1 atom stereocenters. The van der Waals surface area contributed by atoms with Crippen molar-refractivity contribution in [3.05, 3.63) is 0 Å². The topological polar surface area (TPSA) is 49.6 Å². The van der Waals surface area contributed by atoms with Gasteiger partial charge < -0.3 is 10.6 Å². The molecule has 1 aliphatic carbocycles. The molecule has 0 radical (unpaired) electrons. The summed E-state index contributed by atoms with van der Waals surface area (Å²) >= 11 is 0. The zero-order valence-electron chi connectivity index (χ0n) is 10.8. The van der Waals surface area contributed by atoms with Crippen LogP contribution in [0.2, 0.25) is 0 Å². The maximum atomic E-state index is 11.9. The molecule has 1 amide bonds. The average molecular weight is 227 g/mol. The van der Waals surface area contributed by atoms with E-state index in [4.69, 9.17) is 5.73 Å². The fourth-order valence-corrected chi connectivity index (χ4v) is 2.20. The number of amides is 1. The molecule has 1 fully saturated rings. The number of likely N-dealkylation sites (N-methyl/N-ethyl adjacent to an activating group) is 1. The Morgan fingerprint density at radius 3 is 2.44 bits per heavy atom. The van der Waals surface area contributed by atoms with Crippen molar-refractivity contribution in [2.45, 2.75) is 44.7 Å². The normalized spacial score (nSPS) is 18.3. The zero-order valence-corrected chi connectivity index (χ0v) is 10.8. The Morgan fingerprint density at radius 1 is 1.44 bits per heavy atom. The molecular weight excluding hydrogens is 202 g/mol. The van der Waals surface area contributed by atoms with Gasteiger partial charge in [0.15, 0.2) is 0 Å². The van der Waals surface area contributed by atoms with Gasteiger partial charge in [-0.1, -0.05) is 6.42 Å². The molecule has 0 aromatic rings. The summed E-state index contributed by atoms with van der Waals surface area (Å²) in [6.45, 7) is 3.66. The quantitative estimate of drug-likeness (QED) is 0.725. The van der Waals surface area contributed by atoms with Crippen LogP contribution in [0.15, 0.2) is 0 Å². The first kappa shape index (κ1) is 13.5. The Bertz CT molecular complexity index is 226. The molecule has 0 bridgehead atoms. The molecular formula is C12H25N3O. The van der Waals surface area contributed by atoms with Gasteiger partial charge in [0.05, 0.1) is 6.04 Å². The lowest BCUT2D eigenvalue weighted by Crippen LogP contribution is -2.52. The molecule has 94 valence electrons. The van der Waals surface area contributed by atoms with E-state index in [1.54, 1.807) is 4.90 Å². The van der Waals surface area contributed by atoms with E-state index in [9.17, 15) is 4.79 Å². The summed E-state index contributed by atoms with van der Waals surface area (Å²) in [5.41, 5.74) is 5.55. The molecule has 0 aliphatic heterocycles. The van der Waals surface area contributed by atoms with E-state index in [0.717, 1.165) is 13.0 Å². The van der Waals surface area contributed by atoms with Crippen LogP contribution in [-0.2, 0) is 4.79 Å². The number of nitrogens with zero attached hydrogens (tertiary/aromatic N) is 2. The Morgan fingerprint density at radius 2 is 2.06 bits per heavy atom. The third kappa shape index (κ3) is 3.19. The zero-order chi connectivity index (χ0) is 12.1. The third-order valence-electron chi connectivity index (χ3n) is 3.46. The van der Waals surface area contributed by atoms with Crippen LogP contribution in [0.25, 0.3) is 0 Å². The van der Waals surface area contributed by atoms with E-state index < -0.39 is 0 Å². The van der Waals surface area contributed by atoms with Crippen LogP contribution in [-0.4, -0.2) is 55.0 Å². The lowest BCUT2D eigenvalue weighted by atomic mass is 9.90. The fraction of sp³-hybridized carbons (Fsp3) is 0.917. The van der Waals surface area contributed by atoms with Crippen molar-refractivity contribution in [2.75, 3.05) is 27.2 Å². The van der Waals surface area contributed by atoms with E-state index in [1.165, 1.54) is 19.3 Å². The van der Waals surface area contributed by atoms with Crippen LogP contribution in [0, 0.1) is 0 Å². The summed E-state index contributed by atoms with van der Waals surface area (Å²) < 4.78 is 0. The molecule has 16 heavy (non-hydrogen) atoms. The Balaban J connectivity index is 2.55. The van der Waals surface area contributed by atoms with Gasteiger partial charge in [-0.15, -0.1) is 0 Å². The molecule has 1 aliphatic rings. The van der Waals surface area contributed by atoms with Crippen molar-refractivity contribution in [2.24, 2.45) is 5.73 Å². The minimum Gasteiger partial charge on any atom is -0.347 e. The van der Waals surface area contributed by atoms with E-state index in [0.29, 0.717) is 12.6 Å². The highest BCUT2D eigenvalue weighted by Crippen LogP contribution is 2.26. The second kappa shape index (κ2) is 6.21. The van der Waals surface area contributed by atoms with Crippen molar-refractivity contribution in [3.8, 4) is 0 Å². The van der Waals surface area contributed by atoms with Crippen LogP contribution in [0.3, 0.4) is 0 Å². The van der Waals surface area contributed by atoms with Crippen LogP contribution in [0.1, 0.15) is 32.6 Å². The second-order valence-corrected chi connectivity index (χ2v) is 4.87. The highest BCUT2D eigenvalue weighted by Gasteiger charge is 2.31. The van der Waals surface area contributed by atoms with Crippen LogP contribution >= 0.6 is 0 Å². The van der Waals surface area contributed by atoms with Crippen molar-refractivity contribution in [3.63, 3.8) is 0 Å². The van der Waals surface area contributed by atoms with E-state index in [1.807, 2.05) is 21.0 Å². The molecule has 1 saturated carbocycles. The maximum absolute atomic E-state index is 11.9. The summed E-state index contributed by atoms with van der Waals surface area (Å²) in [4.78, 5) is 16.0. The van der Waals surface area contributed by atoms with Gasteiger partial charge in [-0.25, -0.2) is 0 Å². The molecule has 1 unspecified atom stereocenters. The molecule has 0 saturated heterocycles. The Hall–Kier alpha value is -0.610. The average Bonchev–Trinajstić information content (AvgIpc) is 2.18. The van der Waals surface area contributed by atoms with Gasteiger partial charge in [0.2, 0.25) is 5.91 Å². The van der Waals surface area contributed by atoms with E-state index in [-0.39, 0.29) is 11.9 Å². The summed E-state index contributed by atoms with van der Waals surface area (Å²) in [7, 11) is 3.64. The number of carbonyl (C=O) groups is 1. The summed E-state index contributed by atoms with van der Waals surface area (Å²) in [6, 6.07) is 0.595. The predicted octanol–water partition coefficient (Wildman–Crippen LogP) is 0.666. The van der Waals surface area contributed by atoms with Gasteiger partial charge in [-0.3, -0.25) is 9.69 Å². The van der Waals surface area contributed by atoms with Crippen LogP contribution in [0.5, 0.6) is 0 Å². The predicted molar refractivity (Wildman–Crippen MR) is 66.2 cm³/mol. The van der Waals surface area contributed by atoms with E-state index >= 15 is 0 Å². The molecule has 0 aromatic carbocycles. The number of hydrogen-bond acceptors (Lipinski definition) is 3. The summed E-state index contributed by atoms with van der Waals surface area (Å²) in [6.07, 6.45) is 4.74. The Kier molecular flexibility index (Phi) is 5.22. The lowest BCUT2D eigenvalue weighted by molar-refractivity contribution is -0.135. The monoisotopic (exact) mass is 227 g/mol. The first-order valence-electron chi connectivity index (χ1n) is 6.25. The molecule has 0 aromatic heterocycles. The lowest BCUT2D eigenvalue weighted by Gasteiger charge is -2.41. The number of rotatable bonds is 6. The maximum Gasteiger partial charge on any atom is 0.239 e. The van der Waals surface area contributed by atoms with Crippen molar-refractivity contribution < 1.29 is 4.79 Å². The summed E-state index contributed by atoms with van der Waals surface area (Å²) in [5, 5.41) is 0. The van der Waals surface area contributed by atoms with Gasteiger partial charge in [0.1, 0.15) is 0 Å². The highest BCUT2D eigenvalue weighted by molar-refractivity contribution is 5.81. The standard InChI is InChI=1S/C12H25N3O/c1-10(12(16)14(2)3)15(9-5-8-13)11-6-4-7-11/h10-11H,4-9,13H2,1-3H3. The van der Waals surface area contributed by atoms with Gasteiger partial charge in [0.25, 0.3) is 0 Å². The first-order chi connectivity index (χ1) is 7.57. The molecule has 1 rings (SSSR count). The first-order valence-corrected chi connectivity index (χ1v) is 6.25. The highest BCUT2D eigenvalue weighted by atomic mass is 16.2. The second-order valence-electron chi connectivity index (χ2n) is 4.87. The van der Waals surface area contributed by atoms with Crippen molar-refractivity contribution in [1.82, 2.24) is 9.80 Å². The van der Waals surface area contributed by atoms with Crippen LogP contribution in [0.4, 0.5) is 0 Å². The SMILES string of the molecule is CC(C(=O)N(C)C)N(CCCN)C1CCC1. The largest absolute Gasteiger partial charge is 0.347 e. The van der Waals surface area contributed by atoms with Crippen molar-refractivity contribution >= 4 is 5.91 Å².